The Balaban J connectivity index is 1.55. The SMILES string of the molecule is COc1ccc([C@H](C)NC(=O)COc2ccc3c(c2)CCC(=O)N3)cc1F. The monoisotopic (exact) mass is 372 g/mol. The van der Waals surface area contributed by atoms with Gasteiger partial charge in [-0.1, -0.05) is 6.07 Å². The summed E-state index contributed by atoms with van der Waals surface area (Å²) in [4.78, 5) is 23.5. The maximum Gasteiger partial charge on any atom is 0.258 e. The Morgan fingerprint density at radius 3 is 2.81 bits per heavy atom. The van der Waals surface area contributed by atoms with E-state index in [9.17, 15) is 14.0 Å². The summed E-state index contributed by atoms with van der Waals surface area (Å²) in [6.07, 6.45) is 1.08. The van der Waals surface area contributed by atoms with E-state index in [1.54, 1.807) is 25.1 Å². The van der Waals surface area contributed by atoms with Crippen LogP contribution in [0.1, 0.15) is 30.5 Å². The highest BCUT2D eigenvalue weighted by Crippen LogP contribution is 2.27. The van der Waals surface area contributed by atoms with Crippen LogP contribution in [-0.4, -0.2) is 25.5 Å². The first-order chi connectivity index (χ1) is 13.0. The Hall–Kier alpha value is -3.09. The van der Waals surface area contributed by atoms with E-state index in [-0.39, 0.29) is 30.2 Å². The van der Waals surface area contributed by atoms with E-state index in [0.717, 1.165) is 11.3 Å². The highest BCUT2D eigenvalue weighted by Gasteiger charge is 2.16. The minimum atomic E-state index is -0.478. The van der Waals surface area contributed by atoms with Crippen molar-refractivity contribution in [3.63, 3.8) is 0 Å². The molecular weight excluding hydrogens is 351 g/mol. The molecule has 0 saturated heterocycles. The maximum absolute atomic E-state index is 13.8. The number of rotatable bonds is 6. The van der Waals surface area contributed by atoms with Gasteiger partial charge in [0, 0.05) is 12.1 Å². The molecule has 1 aliphatic rings. The lowest BCUT2D eigenvalue weighted by atomic mass is 10.0. The average Bonchev–Trinajstić information content (AvgIpc) is 2.66. The van der Waals surface area contributed by atoms with Crippen molar-refractivity contribution in [3.8, 4) is 11.5 Å². The van der Waals surface area contributed by atoms with Crippen LogP contribution in [0.3, 0.4) is 0 Å². The lowest BCUT2D eigenvalue weighted by molar-refractivity contribution is -0.123. The number of aryl methyl sites for hydroxylation is 1. The Kier molecular flexibility index (Phi) is 5.59. The normalized spacial score (nSPS) is 14.0. The highest BCUT2D eigenvalue weighted by atomic mass is 19.1. The van der Waals surface area contributed by atoms with Gasteiger partial charge in [-0.2, -0.15) is 0 Å². The van der Waals surface area contributed by atoms with Crippen molar-refractivity contribution >= 4 is 17.5 Å². The second-order valence-electron chi connectivity index (χ2n) is 6.34. The van der Waals surface area contributed by atoms with E-state index in [1.165, 1.54) is 19.2 Å². The summed E-state index contributed by atoms with van der Waals surface area (Å²) >= 11 is 0. The summed E-state index contributed by atoms with van der Waals surface area (Å²) in [6.45, 7) is 1.61. The molecule has 2 N–H and O–H groups in total. The molecule has 0 aromatic heterocycles. The van der Waals surface area contributed by atoms with Crippen molar-refractivity contribution in [1.29, 1.82) is 0 Å². The predicted octanol–water partition coefficient (Wildman–Crippen LogP) is 2.98. The van der Waals surface area contributed by atoms with E-state index in [1.807, 2.05) is 6.07 Å². The average molecular weight is 372 g/mol. The van der Waals surface area contributed by atoms with Crippen LogP contribution in [-0.2, 0) is 16.0 Å². The van der Waals surface area contributed by atoms with E-state index >= 15 is 0 Å². The van der Waals surface area contributed by atoms with Gasteiger partial charge in [0.1, 0.15) is 5.75 Å². The van der Waals surface area contributed by atoms with Crippen molar-refractivity contribution in [2.75, 3.05) is 19.0 Å². The van der Waals surface area contributed by atoms with Crippen LogP contribution >= 0.6 is 0 Å². The highest BCUT2D eigenvalue weighted by molar-refractivity contribution is 5.94. The third-order valence-electron chi connectivity index (χ3n) is 4.40. The second-order valence-corrected chi connectivity index (χ2v) is 6.34. The van der Waals surface area contributed by atoms with Crippen molar-refractivity contribution in [2.45, 2.75) is 25.8 Å². The first kappa shape index (κ1) is 18.7. The van der Waals surface area contributed by atoms with Gasteiger partial charge >= 0.3 is 0 Å². The summed E-state index contributed by atoms with van der Waals surface area (Å²) in [7, 11) is 1.40. The standard InChI is InChI=1S/C20H21FN2O4/c1-12(13-3-7-18(26-2)16(21)10-13)22-20(25)11-27-15-5-6-17-14(9-15)4-8-19(24)23-17/h3,5-7,9-10,12H,4,8,11H2,1-2H3,(H,22,25)(H,23,24)/t12-/m0/s1. The van der Waals surface area contributed by atoms with Crippen molar-refractivity contribution in [1.82, 2.24) is 5.32 Å². The van der Waals surface area contributed by atoms with Crippen LogP contribution in [0.25, 0.3) is 0 Å². The number of nitrogens with one attached hydrogen (secondary N) is 2. The second kappa shape index (κ2) is 8.07. The number of hydrogen-bond donors (Lipinski definition) is 2. The van der Waals surface area contributed by atoms with Gasteiger partial charge in [0.15, 0.2) is 18.2 Å². The number of anilines is 1. The van der Waals surface area contributed by atoms with Gasteiger partial charge in [-0.05, 0) is 54.8 Å². The summed E-state index contributed by atoms with van der Waals surface area (Å²) < 4.78 is 24.2. The molecule has 1 aliphatic heterocycles. The number of halogens is 1. The number of benzene rings is 2. The Bertz CT molecular complexity index is 869. The molecule has 3 rings (SSSR count). The molecule has 2 amide bonds. The molecule has 6 nitrogen and oxygen atoms in total. The summed E-state index contributed by atoms with van der Waals surface area (Å²) in [6, 6.07) is 9.48. The fraction of sp³-hybridized carbons (Fsp3) is 0.300. The van der Waals surface area contributed by atoms with Crippen LogP contribution in [0.4, 0.5) is 10.1 Å². The fourth-order valence-corrected chi connectivity index (χ4v) is 2.92. The van der Waals surface area contributed by atoms with Crippen LogP contribution in [0.2, 0.25) is 0 Å². The number of amides is 2. The fourth-order valence-electron chi connectivity index (χ4n) is 2.92. The molecule has 0 saturated carbocycles. The zero-order valence-corrected chi connectivity index (χ0v) is 15.2. The van der Waals surface area contributed by atoms with Crippen LogP contribution in [0, 0.1) is 5.82 Å². The van der Waals surface area contributed by atoms with Gasteiger partial charge in [-0.25, -0.2) is 4.39 Å². The zero-order valence-electron chi connectivity index (χ0n) is 15.2. The van der Waals surface area contributed by atoms with Gasteiger partial charge < -0.3 is 20.1 Å². The number of fused-ring (bicyclic) bond motifs is 1. The molecule has 0 fully saturated rings. The zero-order chi connectivity index (χ0) is 19.4. The Morgan fingerprint density at radius 2 is 2.07 bits per heavy atom. The van der Waals surface area contributed by atoms with Crippen LogP contribution in [0.15, 0.2) is 36.4 Å². The number of ether oxygens (including phenoxy) is 2. The Morgan fingerprint density at radius 1 is 1.26 bits per heavy atom. The molecule has 2 aromatic carbocycles. The first-order valence-corrected chi connectivity index (χ1v) is 8.64. The molecule has 0 radical (unpaired) electrons. The molecule has 0 unspecified atom stereocenters. The number of carbonyl (C=O) groups excluding carboxylic acids is 2. The lowest BCUT2D eigenvalue weighted by Crippen LogP contribution is -2.31. The Labute approximate surface area is 156 Å². The van der Waals surface area contributed by atoms with Gasteiger partial charge in [0.2, 0.25) is 5.91 Å². The van der Waals surface area contributed by atoms with Crippen LogP contribution < -0.4 is 20.1 Å². The molecule has 2 aromatic rings. The van der Waals surface area contributed by atoms with Gasteiger partial charge in [-0.3, -0.25) is 9.59 Å². The van der Waals surface area contributed by atoms with Crippen molar-refractivity contribution in [3.05, 3.63) is 53.3 Å². The molecule has 0 bridgehead atoms. The quantitative estimate of drug-likeness (QED) is 0.817. The smallest absolute Gasteiger partial charge is 0.258 e. The number of methoxy groups -OCH3 is 1. The van der Waals surface area contributed by atoms with Gasteiger partial charge in [0.05, 0.1) is 13.2 Å². The van der Waals surface area contributed by atoms with E-state index in [4.69, 9.17) is 9.47 Å². The minimum Gasteiger partial charge on any atom is -0.494 e. The lowest BCUT2D eigenvalue weighted by Gasteiger charge is -2.18. The molecule has 7 heteroatoms. The molecule has 0 spiro atoms. The third-order valence-corrected chi connectivity index (χ3v) is 4.40. The first-order valence-electron chi connectivity index (χ1n) is 8.64. The molecule has 1 atom stereocenters. The van der Waals surface area contributed by atoms with E-state index in [2.05, 4.69) is 10.6 Å². The number of carbonyl (C=O) groups is 2. The minimum absolute atomic E-state index is 0.000461. The van der Waals surface area contributed by atoms with Crippen molar-refractivity contribution in [2.24, 2.45) is 0 Å². The maximum atomic E-state index is 13.8. The topological polar surface area (TPSA) is 76.7 Å². The summed E-state index contributed by atoms with van der Waals surface area (Å²) in [5.74, 6) is -0.0786. The summed E-state index contributed by atoms with van der Waals surface area (Å²) in [5, 5.41) is 5.57. The predicted molar refractivity (Wildman–Crippen MR) is 98.4 cm³/mol. The molecule has 0 aliphatic carbocycles. The molecule has 27 heavy (non-hydrogen) atoms. The third kappa shape index (κ3) is 4.55. The van der Waals surface area contributed by atoms with Crippen LogP contribution in [0.5, 0.6) is 11.5 Å². The number of hydrogen-bond acceptors (Lipinski definition) is 4. The van der Waals surface area contributed by atoms with Gasteiger partial charge in [0.25, 0.3) is 5.91 Å². The molecule has 142 valence electrons. The molecular formula is C20H21FN2O4. The van der Waals surface area contributed by atoms with Crippen molar-refractivity contribution < 1.29 is 23.5 Å². The largest absolute Gasteiger partial charge is 0.494 e. The van der Waals surface area contributed by atoms with E-state index < -0.39 is 5.82 Å². The van der Waals surface area contributed by atoms with Gasteiger partial charge in [-0.15, -0.1) is 0 Å². The summed E-state index contributed by atoms with van der Waals surface area (Å²) in [5.41, 5.74) is 2.39. The van der Waals surface area contributed by atoms with E-state index in [0.29, 0.717) is 24.2 Å². The molecule has 1 heterocycles.